The summed E-state index contributed by atoms with van der Waals surface area (Å²) in [5.41, 5.74) is 0.0723. The van der Waals surface area contributed by atoms with Crippen LogP contribution in [0.5, 0.6) is 0 Å². The summed E-state index contributed by atoms with van der Waals surface area (Å²) in [4.78, 5) is 24.2. The van der Waals surface area contributed by atoms with Gasteiger partial charge in [0.2, 0.25) is 0 Å². The Bertz CT molecular complexity index is 574. The summed E-state index contributed by atoms with van der Waals surface area (Å²) in [6.45, 7) is -0.399. The van der Waals surface area contributed by atoms with Crippen molar-refractivity contribution in [2.24, 2.45) is 0 Å². The minimum Gasteiger partial charge on any atom is -0.395 e. The van der Waals surface area contributed by atoms with Crippen LogP contribution >= 0.6 is 15.9 Å². The van der Waals surface area contributed by atoms with Gasteiger partial charge in [-0.2, -0.15) is 0 Å². The Morgan fingerprint density at radius 3 is 2.79 bits per heavy atom. The molecule has 2 amide bonds. The summed E-state index contributed by atoms with van der Waals surface area (Å²) >= 11 is 3.19. The van der Waals surface area contributed by atoms with Crippen molar-refractivity contribution in [3.05, 3.63) is 40.3 Å². The van der Waals surface area contributed by atoms with E-state index in [1.54, 1.807) is 0 Å². The lowest BCUT2D eigenvalue weighted by molar-refractivity contribution is -0.137. The van der Waals surface area contributed by atoms with Gasteiger partial charge in [-0.1, -0.05) is 15.9 Å². The first-order chi connectivity index (χ1) is 9.02. The van der Waals surface area contributed by atoms with Gasteiger partial charge < -0.3 is 10.4 Å². The zero-order chi connectivity index (χ0) is 14.0. The third-order valence-corrected chi connectivity index (χ3v) is 3.02. The number of imide groups is 1. The third kappa shape index (κ3) is 2.82. The highest BCUT2D eigenvalue weighted by Gasteiger charge is 2.30. The number of benzene rings is 1. The van der Waals surface area contributed by atoms with E-state index in [-0.39, 0.29) is 24.5 Å². The Hall–Kier alpha value is -1.73. The van der Waals surface area contributed by atoms with Crippen LogP contribution in [0.3, 0.4) is 0 Å². The Morgan fingerprint density at radius 2 is 2.11 bits per heavy atom. The van der Waals surface area contributed by atoms with Gasteiger partial charge in [0.15, 0.2) is 0 Å². The molecule has 1 aromatic rings. The standard InChI is InChI=1S/C12H10BrFN2O3/c13-7-1-2-8(14)9(5-7)15-10-6-11(18)16(3-4-17)12(10)19/h1-2,5-6,15,17H,3-4H2. The van der Waals surface area contributed by atoms with Gasteiger partial charge in [-0.25, -0.2) is 4.39 Å². The molecule has 0 atom stereocenters. The number of rotatable bonds is 4. The number of hydrogen-bond donors (Lipinski definition) is 2. The van der Waals surface area contributed by atoms with Crippen molar-refractivity contribution in [3.63, 3.8) is 0 Å². The van der Waals surface area contributed by atoms with E-state index >= 15 is 0 Å². The molecule has 0 saturated heterocycles. The number of amides is 2. The second-order valence-electron chi connectivity index (χ2n) is 3.83. The highest BCUT2D eigenvalue weighted by molar-refractivity contribution is 9.10. The van der Waals surface area contributed by atoms with Gasteiger partial charge >= 0.3 is 0 Å². The van der Waals surface area contributed by atoms with E-state index in [1.807, 2.05) is 0 Å². The van der Waals surface area contributed by atoms with Crippen molar-refractivity contribution in [2.75, 3.05) is 18.5 Å². The molecule has 7 heteroatoms. The molecular weight excluding hydrogens is 319 g/mol. The molecule has 2 N–H and O–H groups in total. The van der Waals surface area contributed by atoms with E-state index in [9.17, 15) is 14.0 Å². The van der Waals surface area contributed by atoms with E-state index in [1.165, 1.54) is 18.2 Å². The van der Waals surface area contributed by atoms with Gasteiger partial charge in [0.05, 0.1) is 18.8 Å². The largest absolute Gasteiger partial charge is 0.395 e. The SMILES string of the molecule is O=C1C=C(Nc2cc(Br)ccc2F)C(=O)N1CCO. The van der Waals surface area contributed by atoms with Crippen LogP contribution in [0.25, 0.3) is 0 Å². The van der Waals surface area contributed by atoms with Gasteiger partial charge in [0.1, 0.15) is 11.5 Å². The Labute approximate surface area is 116 Å². The number of aliphatic hydroxyl groups is 1. The van der Waals surface area contributed by atoms with E-state index in [0.717, 1.165) is 11.0 Å². The normalized spacial score (nSPS) is 14.9. The first kappa shape index (κ1) is 13.7. The maximum absolute atomic E-state index is 13.5. The molecule has 2 rings (SSSR count). The average Bonchev–Trinajstić information content (AvgIpc) is 2.62. The van der Waals surface area contributed by atoms with Gasteiger partial charge in [-0.15, -0.1) is 0 Å². The van der Waals surface area contributed by atoms with E-state index in [2.05, 4.69) is 21.2 Å². The Balaban J connectivity index is 2.20. The molecule has 1 aliphatic rings. The van der Waals surface area contributed by atoms with Crippen LogP contribution in [0.4, 0.5) is 10.1 Å². The number of carbonyl (C=O) groups is 2. The molecule has 19 heavy (non-hydrogen) atoms. The third-order valence-electron chi connectivity index (χ3n) is 2.53. The fourth-order valence-electron chi connectivity index (χ4n) is 1.65. The molecule has 0 radical (unpaired) electrons. The maximum Gasteiger partial charge on any atom is 0.277 e. The lowest BCUT2D eigenvalue weighted by atomic mass is 10.3. The second kappa shape index (κ2) is 5.50. The predicted octanol–water partition coefficient (Wildman–Crippen LogP) is 1.25. The van der Waals surface area contributed by atoms with E-state index in [4.69, 9.17) is 5.11 Å². The molecule has 0 saturated carbocycles. The van der Waals surface area contributed by atoms with Crippen molar-refractivity contribution in [1.29, 1.82) is 0 Å². The molecule has 0 bridgehead atoms. The smallest absolute Gasteiger partial charge is 0.277 e. The number of halogens is 2. The van der Waals surface area contributed by atoms with Crippen LogP contribution in [0.15, 0.2) is 34.4 Å². The average molecular weight is 329 g/mol. The summed E-state index contributed by atoms with van der Waals surface area (Å²) in [5.74, 6) is -1.65. The number of nitrogens with one attached hydrogen (secondary N) is 1. The van der Waals surface area contributed by atoms with Crippen LogP contribution in [0, 0.1) is 5.82 Å². The summed E-state index contributed by atoms with van der Waals surface area (Å²) < 4.78 is 14.2. The predicted molar refractivity (Wildman–Crippen MR) is 69.6 cm³/mol. The molecule has 1 aliphatic heterocycles. The fraction of sp³-hybridized carbons (Fsp3) is 0.167. The van der Waals surface area contributed by atoms with Crippen molar-refractivity contribution >= 4 is 33.4 Å². The minimum atomic E-state index is -0.585. The highest BCUT2D eigenvalue weighted by Crippen LogP contribution is 2.23. The zero-order valence-electron chi connectivity index (χ0n) is 9.69. The molecule has 1 aromatic carbocycles. The number of nitrogens with zero attached hydrogens (tertiary/aromatic N) is 1. The molecule has 0 unspecified atom stereocenters. The summed E-state index contributed by atoms with van der Waals surface area (Å²) in [7, 11) is 0. The van der Waals surface area contributed by atoms with Gasteiger partial charge in [0.25, 0.3) is 11.8 Å². The number of hydrogen-bond acceptors (Lipinski definition) is 4. The maximum atomic E-state index is 13.5. The first-order valence-corrected chi connectivity index (χ1v) is 6.22. The van der Waals surface area contributed by atoms with E-state index in [0.29, 0.717) is 4.47 Å². The lowest BCUT2D eigenvalue weighted by Gasteiger charge is -2.13. The van der Waals surface area contributed by atoms with Gasteiger partial charge in [0, 0.05) is 10.5 Å². The Kier molecular flexibility index (Phi) is 3.96. The van der Waals surface area contributed by atoms with Crippen molar-refractivity contribution in [1.82, 2.24) is 4.90 Å². The molecule has 0 fully saturated rings. The minimum absolute atomic E-state index is 0.0181. The number of β-amino-alcohol motifs (C(OH)–C–C–N with tert-alkyl or cyclic N) is 1. The quantitative estimate of drug-likeness (QED) is 0.816. The van der Waals surface area contributed by atoms with Crippen molar-refractivity contribution in [3.8, 4) is 0 Å². The molecule has 0 aliphatic carbocycles. The number of aliphatic hydroxyl groups excluding tert-OH is 1. The molecule has 5 nitrogen and oxygen atoms in total. The summed E-state index contributed by atoms with van der Waals surface area (Å²) in [5, 5.41) is 11.3. The molecule has 100 valence electrons. The van der Waals surface area contributed by atoms with Crippen LogP contribution in [0.1, 0.15) is 0 Å². The molecule has 0 spiro atoms. The molecule has 0 aromatic heterocycles. The van der Waals surface area contributed by atoms with Crippen LogP contribution in [-0.4, -0.2) is 35.0 Å². The number of carbonyl (C=O) groups excluding carboxylic acids is 2. The number of anilines is 1. The summed E-state index contributed by atoms with van der Waals surface area (Å²) in [6, 6.07) is 4.22. The van der Waals surface area contributed by atoms with Gasteiger partial charge in [-0.05, 0) is 18.2 Å². The van der Waals surface area contributed by atoms with E-state index < -0.39 is 17.6 Å². The van der Waals surface area contributed by atoms with Crippen LogP contribution < -0.4 is 5.32 Å². The van der Waals surface area contributed by atoms with Crippen molar-refractivity contribution in [2.45, 2.75) is 0 Å². The first-order valence-electron chi connectivity index (χ1n) is 5.43. The van der Waals surface area contributed by atoms with Crippen LogP contribution in [-0.2, 0) is 9.59 Å². The highest BCUT2D eigenvalue weighted by atomic mass is 79.9. The second-order valence-corrected chi connectivity index (χ2v) is 4.74. The van der Waals surface area contributed by atoms with Crippen LogP contribution in [0.2, 0.25) is 0 Å². The van der Waals surface area contributed by atoms with Crippen molar-refractivity contribution < 1.29 is 19.1 Å². The lowest BCUT2D eigenvalue weighted by Crippen LogP contribution is -2.34. The molecular formula is C12H10BrFN2O3. The Morgan fingerprint density at radius 1 is 1.37 bits per heavy atom. The monoisotopic (exact) mass is 328 g/mol. The van der Waals surface area contributed by atoms with Gasteiger partial charge in [-0.3, -0.25) is 14.5 Å². The molecule has 1 heterocycles. The fourth-order valence-corrected chi connectivity index (χ4v) is 2.01. The zero-order valence-corrected chi connectivity index (χ0v) is 11.3. The summed E-state index contributed by atoms with van der Waals surface area (Å²) in [6.07, 6.45) is 1.08. The topological polar surface area (TPSA) is 69.6 Å².